The molecule has 0 bridgehead atoms. The average molecular weight is 297 g/mol. The number of anilines is 1. The molecule has 0 radical (unpaired) electrons. The number of hydrogen-bond acceptors (Lipinski definition) is 4. The lowest BCUT2D eigenvalue weighted by Crippen LogP contribution is -2.35. The number of hydrogen-bond donors (Lipinski definition) is 2. The quantitative estimate of drug-likeness (QED) is 0.764. The highest BCUT2D eigenvalue weighted by Crippen LogP contribution is 2.32. The molecule has 2 heterocycles. The zero-order chi connectivity index (χ0) is 14.2. The summed E-state index contributed by atoms with van der Waals surface area (Å²) in [5.74, 6) is 0.0239. The van der Waals surface area contributed by atoms with Gasteiger partial charge in [0.1, 0.15) is 0 Å². The smallest absolute Gasteiger partial charge is 0.243 e. The van der Waals surface area contributed by atoms with Crippen LogP contribution in [0.3, 0.4) is 0 Å². The standard InChI is InChI=1S/C16H15N3OS/c20-15(13-6-3-9-17-13)19-16-18-12-8-7-10-4-1-2-5-11(10)14(12)21-16/h1-2,4-5,7-8,13,17H,3,6,9H2,(H,18,19,20). The molecule has 3 aromatic rings. The van der Waals surface area contributed by atoms with E-state index in [0.717, 1.165) is 29.6 Å². The Morgan fingerprint density at radius 1 is 1.29 bits per heavy atom. The van der Waals surface area contributed by atoms with Gasteiger partial charge in [-0.3, -0.25) is 4.79 Å². The van der Waals surface area contributed by atoms with Gasteiger partial charge in [0.25, 0.3) is 0 Å². The molecule has 1 amide bonds. The maximum Gasteiger partial charge on any atom is 0.243 e. The predicted molar refractivity (Wildman–Crippen MR) is 86.8 cm³/mol. The number of thiazole rings is 1. The number of aromatic nitrogens is 1. The summed E-state index contributed by atoms with van der Waals surface area (Å²) in [4.78, 5) is 16.7. The third-order valence-corrected chi connectivity index (χ3v) is 4.91. The van der Waals surface area contributed by atoms with Crippen LogP contribution in [0.15, 0.2) is 36.4 Å². The van der Waals surface area contributed by atoms with Gasteiger partial charge in [-0.05, 0) is 30.8 Å². The molecule has 2 aromatic carbocycles. The van der Waals surface area contributed by atoms with Crippen molar-refractivity contribution in [2.24, 2.45) is 0 Å². The lowest BCUT2D eigenvalue weighted by atomic mass is 10.1. The Morgan fingerprint density at radius 3 is 3.05 bits per heavy atom. The number of rotatable bonds is 2. The van der Waals surface area contributed by atoms with Gasteiger partial charge in [-0.1, -0.05) is 41.7 Å². The molecule has 1 fully saturated rings. The largest absolute Gasteiger partial charge is 0.306 e. The summed E-state index contributed by atoms with van der Waals surface area (Å²) in [6.07, 6.45) is 1.96. The minimum absolute atomic E-state index is 0.0239. The molecular formula is C16H15N3OS. The lowest BCUT2D eigenvalue weighted by molar-refractivity contribution is -0.117. The van der Waals surface area contributed by atoms with E-state index >= 15 is 0 Å². The van der Waals surface area contributed by atoms with Gasteiger partial charge in [0.2, 0.25) is 5.91 Å². The van der Waals surface area contributed by atoms with Crippen molar-refractivity contribution in [2.45, 2.75) is 18.9 Å². The van der Waals surface area contributed by atoms with E-state index in [-0.39, 0.29) is 11.9 Å². The molecule has 0 aliphatic carbocycles. The van der Waals surface area contributed by atoms with E-state index in [0.29, 0.717) is 5.13 Å². The molecule has 21 heavy (non-hydrogen) atoms. The van der Waals surface area contributed by atoms with Crippen molar-refractivity contribution in [1.82, 2.24) is 10.3 Å². The molecule has 0 spiro atoms. The van der Waals surface area contributed by atoms with E-state index < -0.39 is 0 Å². The summed E-state index contributed by atoms with van der Waals surface area (Å²) in [7, 11) is 0. The highest BCUT2D eigenvalue weighted by Gasteiger charge is 2.22. The van der Waals surface area contributed by atoms with Crippen LogP contribution < -0.4 is 10.6 Å². The van der Waals surface area contributed by atoms with E-state index in [1.807, 2.05) is 18.2 Å². The Hall–Kier alpha value is -1.98. The summed E-state index contributed by atoms with van der Waals surface area (Å²) >= 11 is 1.54. The van der Waals surface area contributed by atoms with Crippen LogP contribution in [0, 0.1) is 0 Å². The van der Waals surface area contributed by atoms with Gasteiger partial charge in [0.15, 0.2) is 5.13 Å². The fourth-order valence-electron chi connectivity index (χ4n) is 2.81. The minimum Gasteiger partial charge on any atom is -0.306 e. The highest BCUT2D eigenvalue weighted by atomic mass is 32.1. The number of nitrogens with one attached hydrogen (secondary N) is 2. The average Bonchev–Trinajstić information content (AvgIpc) is 3.16. The van der Waals surface area contributed by atoms with Gasteiger partial charge in [-0.25, -0.2) is 4.98 Å². The molecule has 4 rings (SSSR count). The van der Waals surface area contributed by atoms with E-state index in [2.05, 4.69) is 33.8 Å². The second-order valence-corrected chi connectivity index (χ2v) is 6.29. The van der Waals surface area contributed by atoms with Crippen LogP contribution in [-0.2, 0) is 4.79 Å². The number of amides is 1. The van der Waals surface area contributed by atoms with Crippen molar-refractivity contribution in [3.05, 3.63) is 36.4 Å². The van der Waals surface area contributed by atoms with E-state index in [1.54, 1.807) is 11.3 Å². The number of fused-ring (bicyclic) bond motifs is 3. The van der Waals surface area contributed by atoms with E-state index in [1.165, 1.54) is 10.8 Å². The molecule has 1 atom stereocenters. The second-order valence-electron chi connectivity index (χ2n) is 5.29. The molecule has 4 nitrogen and oxygen atoms in total. The summed E-state index contributed by atoms with van der Waals surface area (Å²) in [6, 6.07) is 12.3. The Bertz CT molecular complexity index is 821. The van der Waals surface area contributed by atoms with Crippen molar-refractivity contribution in [1.29, 1.82) is 0 Å². The molecule has 1 saturated heterocycles. The van der Waals surface area contributed by atoms with Gasteiger partial charge in [-0.2, -0.15) is 0 Å². The second kappa shape index (κ2) is 5.09. The highest BCUT2D eigenvalue weighted by molar-refractivity contribution is 7.23. The Morgan fingerprint density at radius 2 is 2.19 bits per heavy atom. The number of nitrogens with zero attached hydrogens (tertiary/aromatic N) is 1. The summed E-state index contributed by atoms with van der Waals surface area (Å²) in [5, 5.41) is 9.21. The van der Waals surface area contributed by atoms with Crippen LogP contribution in [0.4, 0.5) is 5.13 Å². The van der Waals surface area contributed by atoms with Gasteiger partial charge in [0.05, 0.1) is 16.3 Å². The van der Waals surface area contributed by atoms with Crippen molar-refractivity contribution in [2.75, 3.05) is 11.9 Å². The first kappa shape index (κ1) is 12.7. The van der Waals surface area contributed by atoms with Crippen molar-refractivity contribution in [3.63, 3.8) is 0 Å². The molecule has 1 aliphatic rings. The monoisotopic (exact) mass is 297 g/mol. The normalized spacial score (nSPS) is 18.4. The van der Waals surface area contributed by atoms with E-state index in [4.69, 9.17) is 0 Å². The van der Waals surface area contributed by atoms with Crippen LogP contribution in [0.25, 0.3) is 21.0 Å². The molecule has 1 aromatic heterocycles. The Balaban J connectivity index is 1.70. The molecule has 0 saturated carbocycles. The molecular weight excluding hydrogens is 282 g/mol. The van der Waals surface area contributed by atoms with Gasteiger partial charge < -0.3 is 10.6 Å². The zero-order valence-corrected chi connectivity index (χ0v) is 12.2. The Labute approximate surface area is 126 Å². The third kappa shape index (κ3) is 2.28. The van der Waals surface area contributed by atoms with Crippen molar-refractivity contribution >= 4 is 43.4 Å². The molecule has 2 N–H and O–H groups in total. The van der Waals surface area contributed by atoms with Crippen molar-refractivity contribution in [3.8, 4) is 0 Å². The molecule has 1 aliphatic heterocycles. The minimum atomic E-state index is -0.0752. The zero-order valence-electron chi connectivity index (χ0n) is 11.4. The van der Waals surface area contributed by atoms with E-state index in [9.17, 15) is 4.79 Å². The lowest BCUT2D eigenvalue weighted by Gasteiger charge is -2.08. The molecule has 5 heteroatoms. The van der Waals surface area contributed by atoms with Gasteiger partial charge in [0, 0.05) is 5.39 Å². The molecule has 106 valence electrons. The fraction of sp³-hybridized carbons (Fsp3) is 0.250. The van der Waals surface area contributed by atoms with Crippen LogP contribution in [-0.4, -0.2) is 23.5 Å². The third-order valence-electron chi connectivity index (χ3n) is 3.89. The fourth-order valence-corrected chi connectivity index (χ4v) is 3.81. The van der Waals surface area contributed by atoms with Crippen LogP contribution in [0.1, 0.15) is 12.8 Å². The first-order chi connectivity index (χ1) is 10.3. The maximum absolute atomic E-state index is 12.1. The summed E-state index contributed by atoms with van der Waals surface area (Å²) < 4.78 is 1.13. The van der Waals surface area contributed by atoms with Crippen LogP contribution in [0.5, 0.6) is 0 Å². The summed E-state index contributed by atoms with van der Waals surface area (Å²) in [6.45, 7) is 0.919. The van der Waals surface area contributed by atoms with Gasteiger partial charge in [-0.15, -0.1) is 0 Å². The van der Waals surface area contributed by atoms with Crippen LogP contribution in [0.2, 0.25) is 0 Å². The molecule has 1 unspecified atom stereocenters. The first-order valence-electron chi connectivity index (χ1n) is 7.14. The van der Waals surface area contributed by atoms with Crippen LogP contribution >= 0.6 is 11.3 Å². The topological polar surface area (TPSA) is 54.0 Å². The van der Waals surface area contributed by atoms with Gasteiger partial charge >= 0.3 is 0 Å². The number of carbonyl (C=O) groups is 1. The summed E-state index contributed by atoms with van der Waals surface area (Å²) in [5.41, 5.74) is 0.938. The Kier molecular flexibility index (Phi) is 3.09. The first-order valence-corrected chi connectivity index (χ1v) is 7.95. The maximum atomic E-state index is 12.1. The number of carbonyl (C=O) groups excluding carboxylic acids is 1. The van der Waals surface area contributed by atoms with Crippen molar-refractivity contribution < 1.29 is 4.79 Å². The predicted octanol–water partition coefficient (Wildman–Crippen LogP) is 3.14. The number of benzene rings is 2. The SMILES string of the molecule is O=C(Nc1nc2ccc3ccccc3c2s1)C1CCCN1.